The zero-order valence-corrected chi connectivity index (χ0v) is 24.6. The normalized spacial score (nSPS) is 11.4. The fraction of sp³-hybridized carbons (Fsp3) is 0.121. The number of amides is 2. The van der Waals surface area contributed by atoms with E-state index < -0.39 is 35.4 Å². The summed E-state index contributed by atoms with van der Waals surface area (Å²) in [7, 11) is 1.63. The topological polar surface area (TPSA) is 79.6 Å². The molecule has 0 atom stereocenters. The maximum atomic E-state index is 13.6. The molecular formula is C33H23Cl2F3N2O4. The maximum absolute atomic E-state index is 13.6. The summed E-state index contributed by atoms with van der Waals surface area (Å²) in [6.45, 7) is 0.114. The third kappa shape index (κ3) is 6.64. The number of hydrogen-bond acceptors (Lipinski definition) is 4. The first-order chi connectivity index (χ1) is 20.9. The molecule has 0 radical (unpaired) electrons. The molecule has 0 spiro atoms. The molecule has 0 aliphatic heterocycles. The summed E-state index contributed by atoms with van der Waals surface area (Å²) in [5.74, 6) is -1.11. The molecule has 0 aliphatic rings. The number of nitrogens with zero attached hydrogens (tertiary/aromatic N) is 1. The van der Waals surface area contributed by atoms with Crippen LogP contribution < -0.4 is 10.9 Å². The predicted molar refractivity (Wildman–Crippen MR) is 164 cm³/mol. The van der Waals surface area contributed by atoms with Gasteiger partial charge in [0.1, 0.15) is 5.58 Å². The zero-order chi connectivity index (χ0) is 31.6. The summed E-state index contributed by atoms with van der Waals surface area (Å²) < 4.78 is 46.4. The van der Waals surface area contributed by atoms with E-state index in [2.05, 4.69) is 5.32 Å². The van der Waals surface area contributed by atoms with E-state index in [1.807, 2.05) is 0 Å². The summed E-state index contributed by atoms with van der Waals surface area (Å²) >= 11 is 12.3. The fourth-order valence-corrected chi connectivity index (χ4v) is 5.25. The number of fused-ring (bicyclic) bond motifs is 1. The van der Waals surface area contributed by atoms with Crippen LogP contribution in [0.1, 0.15) is 27.0 Å². The molecule has 2 amide bonds. The minimum absolute atomic E-state index is 0.0642. The van der Waals surface area contributed by atoms with Crippen LogP contribution in [-0.2, 0) is 23.9 Å². The molecule has 1 aromatic heterocycles. The molecule has 0 bridgehead atoms. The molecule has 5 rings (SSSR count). The minimum atomic E-state index is -4.78. The number of halogens is 5. The molecule has 0 saturated carbocycles. The van der Waals surface area contributed by atoms with Gasteiger partial charge in [0.05, 0.1) is 23.2 Å². The highest BCUT2D eigenvalue weighted by Gasteiger charge is 2.34. The van der Waals surface area contributed by atoms with Crippen molar-refractivity contribution < 1.29 is 27.2 Å². The van der Waals surface area contributed by atoms with Crippen molar-refractivity contribution in [1.29, 1.82) is 0 Å². The van der Waals surface area contributed by atoms with Gasteiger partial charge in [0.2, 0.25) is 5.91 Å². The summed E-state index contributed by atoms with van der Waals surface area (Å²) in [5, 5.41) is 2.79. The molecular weight excluding hydrogens is 616 g/mol. The average molecular weight is 639 g/mol. The van der Waals surface area contributed by atoms with Crippen molar-refractivity contribution in [3.63, 3.8) is 0 Å². The summed E-state index contributed by atoms with van der Waals surface area (Å²) in [6, 6.07) is 23.6. The Bertz CT molecular complexity index is 1930. The Labute approximate surface area is 259 Å². The fourth-order valence-electron chi connectivity index (χ4n) is 4.87. The molecule has 11 heteroatoms. The SMILES string of the molecule is CN(Cc1cc2c(-c3ccccc3)c(CC(=O)Nc3ccc(Cl)cc3C(F)(F)F)c(=O)oc2cc1Cl)C(=O)c1ccccc1. The monoisotopic (exact) mass is 638 g/mol. The van der Waals surface area contributed by atoms with Gasteiger partial charge in [-0.15, -0.1) is 0 Å². The number of carbonyl (C=O) groups is 2. The van der Waals surface area contributed by atoms with Crippen molar-refractivity contribution in [2.24, 2.45) is 0 Å². The van der Waals surface area contributed by atoms with E-state index in [0.29, 0.717) is 33.7 Å². The molecule has 1 N–H and O–H groups in total. The van der Waals surface area contributed by atoms with Crippen LogP contribution in [0.2, 0.25) is 10.0 Å². The van der Waals surface area contributed by atoms with Crippen molar-refractivity contribution in [3.8, 4) is 11.1 Å². The summed E-state index contributed by atoms with van der Waals surface area (Å²) in [6.07, 6.45) is -5.37. The maximum Gasteiger partial charge on any atom is 0.418 e. The Balaban J connectivity index is 1.57. The lowest BCUT2D eigenvalue weighted by Crippen LogP contribution is -2.26. The lowest BCUT2D eigenvalue weighted by molar-refractivity contribution is -0.137. The molecule has 4 aromatic carbocycles. The van der Waals surface area contributed by atoms with Crippen LogP contribution in [0.3, 0.4) is 0 Å². The van der Waals surface area contributed by atoms with E-state index in [9.17, 15) is 27.6 Å². The second kappa shape index (κ2) is 12.6. The van der Waals surface area contributed by atoms with Gasteiger partial charge in [-0.1, -0.05) is 71.7 Å². The third-order valence-electron chi connectivity index (χ3n) is 6.90. The second-order valence-corrected chi connectivity index (χ2v) is 10.8. The van der Waals surface area contributed by atoms with Crippen LogP contribution in [0, 0.1) is 0 Å². The Hall–Kier alpha value is -4.60. The number of hydrogen-bond donors (Lipinski definition) is 1. The number of nitrogens with one attached hydrogen (secondary N) is 1. The highest BCUT2D eigenvalue weighted by molar-refractivity contribution is 6.32. The molecule has 224 valence electrons. The van der Waals surface area contributed by atoms with Gasteiger partial charge in [-0.05, 0) is 47.5 Å². The van der Waals surface area contributed by atoms with E-state index >= 15 is 0 Å². The Kier molecular flexibility index (Phi) is 8.80. The number of alkyl halides is 3. The van der Waals surface area contributed by atoms with Gasteiger partial charge in [0.15, 0.2) is 0 Å². The van der Waals surface area contributed by atoms with Crippen molar-refractivity contribution in [2.75, 3.05) is 12.4 Å². The van der Waals surface area contributed by atoms with Crippen molar-refractivity contribution in [1.82, 2.24) is 4.90 Å². The summed E-state index contributed by atoms with van der Waals surface area (Å²) in [4.78, 5) is 40.9. The van der Waals surface area contributed by atoms with E-state index in [4.69, 9.17) is 27.6 Å². The van der Waals surface area contributed by atoms with E-state index in [1.54, 1.807) is 73.8 Å². The van der Waals surface area contributed by atoms with Crippen molar-refractivity contribution in [3.05, 3.63) is 134 Å². The Morgan fingerprint density at radius 2 is 1.57 bits per heavy atom. The van der Waals surface area contributed by atoms with Crippen LogP contribution >= 0.6 is 23.2 Å². The van der Waals surface area contributed by atoms with Crippen LogP contribution in [0.5, 0.6) is 0 Å². The highest BCUT2D eigenvalue weighted by Crippen LogP contribution is 2.37. The van der Waals surface area contributed by atoms with Crippen LogP contribution in [0.4, 0.5) is 18.9 Å². The third-order valence-corrected chi connectivity index (χ3v) is 7.49. The number of rotatable bonds is 7. The van der Waals surface area contributed by atoms with Gasteiger partial charge >= 0.3 is 11.8 Å². The zero-order valence-electron chi connectivity index (χ0n) is 23.0. The van der Waals surface area contributed by atoms with Gasteiger partial charge < -0.3 is 14.6 Å². The minimum Gasteiger partial charge on any atom is -0.422 e. The Morgan fingerprint density at radius 1 is 0.909 bits per heavy atom. The predicted octanol–water partition coefficient (Wildman–Crippen LogP) is 8.24. The largest absolute Gasteiger partial charge is 0.422 e. The molecule has 0 aliphatic carbocycles. The number of anilines is 1. The smallest absolute Gasteiger partial charge is 0.418 e. The number of benzene rings is 4. The lowest BCUT2D eigenvalue weighted by atomic mass is 9.94. The van der Waals surface area contributed by atoms with Crippen molar-refractivity contribution in [2.45, 2.75) is 19.1 Å². The highest BCUT2D eigenvalue weighted by atomic mass is 35.5. The molecule has 1 heterocycles. The average Bonchev–Trinajstić information content (AvgIpc) is 2.99. The molecule has 0 fully saturated rings. The number of carbonyl (C=O) groups excluding carboxylic acids is 2. The molecule has 0 saturated heterocycles. The first kappa shape index (κ1) is 30.8. The standard InChI is InChI=1S/C33H23Cl2F3N2O4/c1-40(31(42)20-10-6-3-7-11-20)18-21-14-23-28(17-26(21)35)44-32(43)24(30(23)19-8-4-2-5-9-19)16-29(41)39-27-13-12-22(34)15-25(27)33(36,37)38/h2-15,17H,16,18H2,1H3,(H,39,41). The van der Waals surface area contributed by atoms with Gasteiger partial charge in [-0.2, -0.15) is 13.2 Å². The first-order valence-corrected chi connectivity index (χ1v) is 14.0. The van der Waals surface area contributed by atoms with Crippen molar-refractivity contribution >= 4 is 51.7 Å². The van der Waals surface area contributed by atoms with Crippen LogP contribution in [-0.4, -0.2) is 23.8 Å². The van der Waals surface area contributed by atoms with Crippen LogP contribution in [0.25, 0.3) is 22.1 Å². The Morgan fingerprint density at radius 3 is 2.23 bits per heavy atom. The second-order valence-electron chi connectivity index (χ2n) is 9.99. The molecule has 6 nitrogen and oxygen atoms in total. The molecule has 0 unspecified atom stereocenters. The van der Waals surface area contributed by atoms with E-state index in [-0.39, 0.29) is 33.6 Å². The van der Waals surface area contributed by atoms with Crippen LogP contribution in [0.15, 0.2) is 100 Å². The van der Waals surface area contributed by atoms with Gasteiger partial charge in [-0.3, -0.25) is 9.59 Å². The molecule has 5 aromatic rings. The lowest BCUT2D eigenvalue weighted by Gasteiger charge is -2.19. The molecule has 44 heavy (non-hydrogen) atoms. The van der Waals surface area contributed by atoms with E-state index in [1.165, 1.54) is 17.0 Å². The first-order valence-electron chi connectivity index (χ1n) is 13.2. The van der Waals surface area contributed by atoms with Gasteiger partial charge in [0, 0.05) is 46.2 Å². The summed E-state index contributed by atoms with van der Waals surface area (Å²) in [5.41, 5.74) is -0.440. The van der Waals surface area contributed by atoms with Gasteiger partial charge in [-0.25, -0.2) is 4.79 Å². The quantitative estimate of drug-likeness (QED) is 0.182. The van der Waals surface area contributed by atoms with E-state index in [0.717, 1.165) is 6.07 Å². The van der Waals surface area contributed by atoms with Gasteiger partial charge in [0.25, 0.3) is 5.91 Å².